The Bertz CT molecular complexity index is 209. The van der Waals surface area contributed by atoms with Crippen LogP contribution in [0.2, 0.25) is 0 Å². The van der Waals surface area contributed by atoms with E-state index in [0.717, 1.165) is 42.8 Å². The van der Waals surface area contributed by atoms with Crippen LogP contribution in [0, 0.1) is 29.6 Å². The van der Waals surface area contributed by atoms with Gasteiger partial charge >= 0.3 is 0 Å². The van der Waals surface area contributed by atoms with Gasteiger partial charge in [0.2, 0.25) is 0 Å². The second kappa shape index (κ2) is 6.19. The van der Waals surface area contributed by atoms with Gasteiger partial charge in [0.05, 0.1) is 0 Å². The van der Waals surface area contributed by atoms with Gasteiger partial charge in [-0.15, -0.1) is 0 Å². The van der Waals surface area contributed by atoms with Gasteiger partial charge in [-0.25, -0.2) is 0 Å². The van der Waals surface area contributed by atoms with E-state index in [0.29, 0.717) is 0 Å². The van der Waals surface area contributed by atoms with Crippen molar-refractivity contribution in [2.24, 2.45) is 29.6 Å². The van der Waals surface area contributed by atoms with Crippen LogP contribution in [0.15, 0.2) is 0 Å². The third-order valence-electron chi connectivity index (χ3n) is 5.18. The summed E-state index contributed by atoms with van der Waals surface area (Å²) in [4.78, 5) is 0. The first-order valence-electron chi connectivity index (χ1n) is 7.28. The molecule has 0 heterocycles. The summed E-state index contributed by atoms with van der Waals surface area (Å²) in [5.41, 5.74) is 0. The van der Waals surface area contributed by atoms with Crippen molar-refractivity contribution in [3.05, 3.63) is 0 Å². The lowest BCUT2D eigenvalue weighted by Gasteiger charge is -2.23. The fraction of sp³-hybridized carbons (Fsp3) is 1.00. The molecule has 4 atom stereocenters. The van der Waals surface area contributed by atoms with Crippen LogP contribution in [-0.2, 0) is 9.47 Å². The van der Waals surface area contributed by atoms with E-state index in [9.17, 15) is 0 Å². The van der Waals surface area contributed by atoms with Gasteiger partial charge in [0.15, 0.2) is 0 Å². The minimum atomic E-state index is 0.819. The average molecular weight is 240 g/mol. The zero-order chi connectivity index (χ0) is 12.3. The predicted molar refractivity (Wildman–Crippen MR) is 70.0 cm³/mol. The van der Waals surface area contributed by atoms with Crippen LogP contribution in [0.5, 0.6) is 0 Å². The molecule has 0 spiro atoms. The first-order chi connectivity index (χ1) is 8.30. The Morgan fingerprint density at radius 3 is 1.82 bits per heavy atom. The summed E-state index contributed by atoms with van der Waals surface area (Å²) >= 11 is 0. The van der Waals surface area contributed by atoms with E-state index in [1.807, 2.05) is 14.0 Å². The molecule has 0 aromatic carbocycles. The Balaban J connectivity index is 0.000000239. The molecule has 2 heteroatoms. The molecule has 2 bridgehead atoms. The number of fused-ring (bicyclic) bond motifs is 5. The minimum absolute atomic E-state index is 0.819. The van der Waals surface area contributed by atoms with Crippen LogP contribution in [0.4, 0.5) is 0 Å². The second-order valence-corrected chi connectivity index (χ2v) is 6.03. The summed E-state index contributed by atoms with van der Waals surface area (Å²) in [6, 6.07) is 0. The van der Waals surface area contributed by atoms with Crippen LogP contribution in [0.3, 0.4) is 0 Å². The van der Waals surface area contributed by atoms with Crippen molar-refractivity contribution in [2.75, 3.05) is 27.4 Å². The molecule has 2 nitrogen and oxygen atoms in total. The third-order valence-corrected chi connectivity index (χ3v) is 5.18. The van der Waals surface area contributed by atoms with E-state index in [-0.39, 0.29) is 0 Å². The van der Waals surface area contributed by atoms with E-state index in [2.05, 4.69) is 4.74 Å². The van der Waals surface area contributed by atoms with Crippen molar-refractivity contribution >= 4 is 0 Å². The SMILES string of the molecule is CCOC.COCC1CC2C3CCC(C3)C2C1. The molecule has 0 aromatic rings. The average Bonchev–Trinajstić information content (AvgIpc) is 3.00. The molecule has 3 fully saturated rings. The van der Waals surface area contributed by atoms with E-state index >= 15 is 0 Å². The van der Waals surface area contributed by atoms with E-state index in [1.54, 1.807) is 26.4 Å². The Morgan fingerprint density at radius 2 is 1.41 bits per heavy atom. The van der Waals surface area contributed by atoms with E-state index in [4.69, 9.17) is 4.74 Å². The van der Waals surface area contributed by atoms with Crippen molar-refractivity contribution in [3.63, 3.8) is 0 Å². The molecule has 0 saturated heterocycles. The van der Waals surface area contributed by atoms with Gasteiger partial charge in [-0.2, -0.15) is 0 Å². The fourth-order valence-electron chi connectivity index (χ4n) is 4.50. The largest absolute Gasteiger partial charge is 0.385 e. The molecule has 0 aromatic heterocycles. The van der Waals surface area contributed by atoms with Crippen molar-refractivity contribution in [2.45, 2.75) is 39.0 Å². The molecule has 3 rings (SSSR count). The predicted octanol–water partition coefficient (Wildman–Crippen LogP) is 3.36. The molecule has 0 amide bonds. The van der Waals surface area contributed by atoms with Gasteiger partial charge in [-0.3, -0.25) is 0 Å². The highest BCUT2D eigenvalue weighted by Crippen LogP contribution is 2.59. The van der Waals surface area contributed by atoms with Crippen LogP contribution >= 0.6 is 0 Å². The number of hydrogen-bond donors (Lipinski definition) is 0. The zero-order valence-corrected chi connectivity index (χ0v) is 11.7. The molecule has 0 N–H and O–H groups in total. The van der Waals surface area contributed by atoms with Gasteiger partial charge in [0.1, 0.15) is 0 Å². The number of hydrogen-bond acceptors (Lipinski definition) is 2. The van der Waals surface area contributed by atoms with Crippen LogP contribution in [0.1, 0.15) is 39.0 Å². The number of rotatable bonds is 3. The standard InChI is InChI=1S/C12H20O.C3H8O/c1-13-7-8-4-11-9-2-3-10(6-9)12(11)5-8;1-3-4-2/h8-12H,2-7H2,1H3;3H2,1-2H3. The van der Waals surface area contributed by atoms with Gasteiger partial charge in [0, 0.05) is 27.4 Å². The van der Waals surface area contributed by atoms with E-state index < -0.39 is 0 Å². The van der Waals surface area contributed by atoms with Crippen molar-refractivity contribution < 1.29 is 9.47 Å². The van der Waals surface area contributed by atoms with E-state index in [1.165, 1.54) is 12.8 Å². The molecule has 100 valence electrons. The summed E-state index contributed by atoms with van der Waals surface area (Å²) in [6.45, 7) is 3.80. The fourth-order valence-corrected chi connectivity index (χ4v) is 4.50. The first-order valence-corrected chi connectivity index (χ1v) is 7.28. The molecule has 3 aliphatic rings. The maximum Gasteiger partial charge on any atom is 0.0490 e. The van der Waals surface area contributed by atoms with Crippen molar-refractivity contribution in [1.29, 1.82) is 0 Å². The summed E-state index contributed by atoms with van der Waals surface area (Å²) in [5, 5.41) is 0. The van der Waals surface area contributed by atoms with Crippen molar-refractivity contribution in [3.8, 4) is 0 Å². The Morgan fingerprint density at radius 1 is 0.882 bits per heavy atom. The molecular weight excluding hydrogens is 212 g/mol. The molecule has 0 radical (unpaired) electrons. The quantitative estimate of drug-likeness (QED) is 0.753. The molecule has 4 unspecified atom stereocenters. The number of methoxy groups -OCH3 is 2. The maximum atomic E-state index is 5.28. The Labute approximate surface area is 106 Å². The number of ether oxygens (including phenoxy) is 2. The highest BCUT2D eigenvalue weighted by Gasteiger charge is 2.51. The monoisotopic (exact) mass is 240 g/mol. The summed E-state index contributed by atoms with van der Waals surface area (Å²) < 4.78 is 9.82. The van der Waals surface area contributed by atoms with Crippen LogP contribution < -0.4 is 0 Å². The topological polar surface area (TPSA) is 18.5 Å². The lowest BCUT2D eigenvalue weighted by Crippen LogP contribution is -2.15. The highest BCUT2D eigenvalue weighted by molar-refractivity contribution is 5.01. The summed E-state index contributed by atoms with van der Waals surface area (Å²) in [5.74, 6) is 5.37. The van der Waals surface area contributed by atoms with Crippen LogP contribution in [0.25, 0.3) is 0 Å². The Kier molecular flexibility index (Phi) is 4.87. The van der Waals surface area contributed by atoms with Crippen molar-refractivity contribution in [1.82, 2.24) is 0 Å². The first kappa shape index (κ1) is 13.4. The van der Waals surface area contributed by atoms with Gasteiger partial charge < -0.3 is 9.47 Å². The highest BCUT2D eigenvalue weighted by atomic mass is 16.5. The van der Waals surface area contributed by atoms with Gasteiger partial charge in [-0.1, -0.05) is 0 Å². The minimum Gasteiger partial charge on any atom is -0.385 e. The van der Waals surface area contributed by atoms with Gasteiger partial charge in [-0.05, 0) is 68.6 Å². The zero-order valence-electron chi connectivity index (χ0n) is 11.7. The molecule has 0 aliphatic heterocycles. The van der Waals surface area contributed by atoms with Crippen LogP contribution in [-0.4, -0.2) is 27.4 Å². The lowest BCUT2D eigenvalue weighted by atomic mass is 9.82. The summed E-state index contributed by atoms with van der Waals surface area (Å²) in [6.07, 6.45) is 7.64. The molecular formula is C15H28O2. The maximum absolute atomic E-state index is 5.28. The smallest absolute Gasteiger partial charge is 0.0490 e. The van der Waals surface area contributed by atoms with Gasteiger partial charge in [0.25, 0.3) is 0 Å². The third kappa shape index (κ3) is 2.85. The molecule has 3 saturated carbocycles. The lowest BCUT2D eigenvalue weighted by molar-refractivity contribution is 0.149. The normalized spacial score (nSPS) is 42.2. The summed E-state index contributed by atoms with van der Waals surface area (Å²) in [7, 11) is 3.53. The molecule has 3 aliphatic carbocycles. The Hall–Kier alpha value is -0.0800. The molecule has 17 heavy (non-hydrogen) atoms. The second-order valence-electron chi connectivity index (χ2n) is 6.03.